The van der Waals surface area contributed by atoms with Crippen molar-refractivity contribution in [1.29, 1.82) is 0 Å². The summed E-state index contributed by atoms with van der Waals surface area (Å²) in [7, 11) is 0. The van der Waals surface area contributed by atoms with Crippen molar-refractivity contribution < 1.29 is 11.0 Å². The van der Waals surface area contributed by atoms with Crippen molar-refractivity contribution >= 4 is 11.7 Å². The Morgan fingerprint density at radius 1 is 1.41 bits per heavy atom. The van der Waals surface area contributed by atoms with Crippen molar-refractivity contribution in [2.45, 2.75) is 58.6 Å². The third-order valence-electron chi connectivity index (χ3n) is 2.80. The molecule has 0 bridgehead atoms. The van der Waals surface area contributed by atoms with Crippen LogP contribution in [0.1, 0.15) is 48.3 Å². The number of rotatable bonds is 7. The summed E-state index contributed by atoms with van der Waals surface area (Å²) >= 11 is 0. The van der Waals surface area contributed by atoms with Crippen molar-refractivity contribution in [3.8, 4) is 0 Å². The van der Waals surface area contributed by atoms with E-state index < -0.39 is 6.04 Å². The van der Waals surface area contributed by atoms with E-state index in [0.29, 0.717) is 19.3 Å². The average Bonchev–Trinajstić information content (AvgIpc) is 3.04. The second-order valence-electron chi connectivity index (χ2n) is 4.88. The first kappa shape index (κ1) is 12.2. The molecule has 1 amide bonds. The molecule has 17 heavy (non-hydrogen) atoms. The zero-order valence-electron chi connectivity index (χ0n) is 11.7. The van der Waals surface area contributed by atoms with Crippen LogP contribution in [0, 0.1) is 5.92 Å². The van der Waals surface area contributed by atoms with Gasteiger partial charge in [-0.25, -0.2) is 0 Å². The van der Waals surface area contributed by atoms with Gasteiger partial charge in [-0.15, -0.1) is 0 Å². The summed E-state index contributed by atoms with van der Waals surface area (Å²) in [5, 5.41) is 10.4. The van der Waals surface area contributed by atoms with Gasteiger partial charge in [-0.1, -0.05) is 20.7 Å². The van der Waals surface area contributed by atoms with Gasteiger partial charge < -0.3 is 5.32 Å². The molecule has 1 rings (SSSR count). The van der Waals surface area contributed by atoms with Crippen molar-refractivity contribution in [2.75, 3.05) is 0 Å². The van der Waals surface area contributed by atoms with E-state index in [0.717, 1.165) is 0 Å². The number of nitrogens with zero attached hydrogens (tertiary/aromatic N) is 2. The van der Waals surface area contributed by atoms with Crippen molar-refractivity contribution in [3.05, 3.63) is 0 Å². The lowest BCUT2D eigenvalue weighted by atomic mass is 9.99. The molecule has 0 fully saturated rings. The maximum absolute atomic E-state index is 11.8. The van der Waals surface area contributed by atoms with Crippen LogP contribution in [-0.2, 0) is 9.59 Å². The Morgan fingerprint density at radius 3 is 2.53 bits per heavy atom. The number of hydrogen-bond donors (Lipinski definition) is 1. The van der Waals surface area contributed by atoms with Crippen LogP contribution in [0.15, 0.2) is 10.2 Å². The van der Waals surface area contributed by atoms with E-state index in [-0.39, 0.29) is 30.2 Å². The van der Waals surface area contributed by atoms with Crippen LogP contribution in [0.3, 0.4) is 0 Å². The van der Waals surface area contributed by atoms with Gasteiger partial charge in [-0.2, -0.15) is 10.2 Å². The number of amides is 1. The number of carbonyl (C=O) groups excluding carboxylic acids is 2. The molecule has 1 aliphatic heterocycles. The summed E-state index contributed by atoms with van der Waals surface area (Å²) in [4.78, 5) is 23.6. The Labute approximate surface area is 103 Å². The number of carbonyl (C=O) groups is 2. The van der Waals surface area contributed by atoms with E-state index in [2.05, 4.69) is 15.5 Å². The van der Waals surface area contributed by atoms with Crippen LogP contribution in [-0.4, -0.2) is 23.4 Å². The first-order chi connectivity index (χ1) is 8.38. The second-order valence-corrected chi connectivity index (χ2v) is 4.88. The van der Waals surface area contributed by atoms with Gasteiger partial charge in [-0.05, 0) is 13.3 Å². The minimum Gasteiger partial charge on any atom is -0.346 e. The zero-order valence-corrected chi connectivity index (χ0v) is 10.7. The summed E-state index contributed by atoms with van der Waals surface area (Å²) in [6.07, 6.45) is 1.25. The molecule has 0 aromatic carbocycles. The summed E-state index contributed by atoms with van der Waals surface area (Å²) in [5.74, 6) is -0.309. The Kier molecular flexibility index (Phi) is 3.86. The van der Waals surface area contributed by atoms with Gasteiger partial charge in [0.05, 0.1) is 6.04 Å². The quantitative estimate of drug-likeness (QED) is 0.741. The van der Waals surface area contributed by atoms with E-state index in [9.17, 15) is 9.59 Å². The van der Waals surface area contributed by atoms with E-state index >= 15 is 0 Å². The van der Waals surface area contributed by atoms with Crippen LogP contribution in [0.5, 0.6) is 0 Å². The number of Topliss-reactive ketones (excluding diaryl/α,β-unsaturated/α-hetero) is 1. The van der Waals surface area contributed by atoms with Gasteiger partial charge in [0, 0.05) is 20.1 Å². The minimum absolute atomic E-state index is 0.0115. The van der Waals surface area contributed by atoms with Gasteiger partial charge >= 0.3 is 0 Å². The van der Waals surface area contributed by atoms with E-state index in [1.54, 1.807) is 13.8 Å². The smallest absolute Gasteiger partial charge is 0.220 e. The third-order valence-corrected chi connectivity index (χ3v) is 2.80. The monoisotopic (exact) mass is 241 g/mol. The summed E-state index contributed by atoms with van der Waals surface area (Å²) < 4.78 is 7.19. The molecule has 0 radical (unpaired) electrons. The highest BCUT2D eigenvalue weighted by molar-refractivity contribution is 5.90. The van der Waals surface area contributed by atoms with Crippen molar-refractivity contribution in [3.63, 3.8) is 0 Å². The van der Waals surface area contributed by atoms with Crippen LogP contribution < -0.4 is 5.32 Å². The highest BCUT2D eigenvalue weighted by Crippen LogP contribution is 2.31. The summed E-state index contributed by atoms with van der Waals surface area (Å²) in [6.45, 7) is 5.59. The predicted octanol–water partition coefficient (Wildman–Crippen LogP) is 2.07. The second kappa shape index (κ2) is 5.38. The third kappa shape index (κ3) is 4.24. The largest absolute Gasteiger partial charge is 0.346 e. The van der Waals surface area contributed by atoms with Crippen LogP contribution in [0.4, 0.5) is 0 Å². The van der Waals surface area contributed by atoms with Gasteiger partial charge in [0.25, 0.3) is 0 Å². The molecule has 5 nitrogen and oxygen atoms in total. The maximum Gasteiger partial charge on any atom is 0.220 e. The topological polar surface area (TPSA) is 70.9 Å². The molecule has 0 aromatic rings. The van der Waals surface area contributed by atoms with Gasteiger partial charge in [-0.3, -0.25) is 9.59 Å². The molecule has 5 heteroatoms. The molecular weight excluding hydrogens is 218 g/mol. The summed E-state index contributed by atoms with van der Waals surface area (Å²) in [5.41, 5.74) is -0.385. The fraction of sp³-hybridized carbons (Fsp3) is 0.833. The average molecular weight is 241 g/mol. The molecule has 0 saturated carbocycles. The molecule has 1 aliphatic rings. The number of nitrogens with one attached hydrogen (secondary N) is 1. The molecule has 1 unspecified atom stereocenters. The lowest BCUT2D eigenvalue weighted by Gasteiger charge is -2.18. The zero-order chi connectivity index (χ0) is 13.8. The molecule has 96 valence electrons. The lowest BCUT2D eigenvalue weighted by molar-refractivity contribution is -0.129. The first-order valence-electron chi connectivity index (χ1n) is 6.65. The van der Waals surface area contributed by atoms with Crippen LogP contribution in [0.25, 0.3) is 0 Å². The Balaban J connectivity index is 2.39. The fourth-order valence-electron chi connectivity index (χ4n) is 1.49. The van der Waals surface area contributed by atoms with Gasteiger partial charge in [0.2, 0.25) is 5.91 Å². The first-order valence-corrected chi connectivity index (χ1v) is 5.94. The standard InChI is InChI=1S/C12H21N3O2/c1-5-9(11(17)8(2)3)13-10(16)6-7-12(4)14-15-12/h8-9H,5-7H2,1-4H3,(H,13,16)/i1T. The normalized spacial score (nSPS) is 18.7. The summed E-state index contributed by atoms with van der Waals surface area (Å²) in [6, 6.07) is -0.532. The number of ketones is 1. The SMILES string of the molecule is [3H]CCC(NC(=O)CCC1(C)N=N1)C(=O)C(C)C. The molecule has 0 aromatic heterocycles. The molecular formula is C12H21N3O2. The van der Waals surface area contributed by atoms with Crippen LogP contribution in [0.2, 0.25) is 0 Å². The Bertz CT molecular complexity index is 349. The lowest BCUT2D eigenvalue weighted by Crippen LogP contribution is -2.42. The molecule has 0 saturated heterocycles. The fourth-order valence-corrected chi connectivity index (χ4v) is 1.49. The molecule has 1 N–H and O–H groups in total. The highest BCUT2D eigenvalue weighted by atomic mass is 16.2. The van der Waals surface area contributed by atoms with Gasteiger partial charge in [0.15, 0.2) is 11.4 Å². The minimum atomic E-state index is -0.532. The highest BCUT2D eigenvalue weighted by Gasteiger charge is 2.34. The van der Waals surface area contributed by atoms with E-state index in [1.165, 1.54) is 0 Å². The molecule has 1 heterocycles. The molecule has 0 aliphatic carbocycles. The molecule has 1 atom stereocenters. The maximum atomic E-state index is 11.8. The Morgan fingerprint density at radius 2 is 2.06 bits per heavy atom. The molecule has 0 spiro atoms. The van der Waals surface area contributed by atoms with E-state index in [1.807, 2.05) is 6.92 Å². The van der Waals surface area contributed by atoms with Gasteiger partial charge in [0.1, 0.15) is 0 Å². The van der Waals surface area contributed by atoms with Crippen molar-refractivity contribution in [1.82, 2.24) is 5.32 Å². The number of hydrogen-bond acceptors (Lipinski definition) is 4. The Hall–Kier alpha value is -1.26. The van der Waals surface area contributed by atoms with Crippen molar-refractivity contribution in [2.24, 2.45) is 16.1 Å². The van der Waals surface area contributed by atoms with Crippen LogP contribution >= 0.6 is 0 Å². The van der Waals surface area contributed by atoms with E-state index in [4.69, 9.17) is 1.37 Å². The predicted molar refractivity (Wildman–Crippen MR) is 64.6 cm³/mol.